The number of fused-ring (bicyclic) bond motifs is 2. The van der Waals surface area contributed by atoms with Gasteiger partial charge in [0.1, 0.15) is 11.0 Å². The molecule has 1 aromatic carbocycles. The highest BCUT2D eigenvalue weighted by atomic mass is 32.2. The van der Waals surface area contributed by atoms with Crippen LogP contribution in [0.25, 0.3) is 11.1 Å². The second-order valence-corrected chi connectivity index (χ2v) is 9.84. The number of hydrogen-bond donors (Lipinski definition) is 2. The first kappa shape index (κ1) is 21.4. The maximum absolute atomic E-state index is 13.2. The lowest BCUT2D eigenvalue weighted by Gasteiger charge is -2.16. The van der Waals surface area contributed by atoms with Crippen LogP contribution >= 0.6 is 0 Å². The van der Waals surface area contributed by atoms with Gasteiger partial charge < -0.3 is 14.8 Å². The summed E-state index contributed by atoms with van der Waals surface area (Å²) in [6, 6.07) is 6.86. The minimum Gasteiger partial charge on any atom is -0.481 e. The highest BCUT2D eigenvalue weighted by Crippen LogP contribution is 2.38. The van der Waals surface area contributed by atoms with Crippen molar-refractivity contribution < 1.29 is 18.5 Å². The minimum absolute atomic E-state index is 0.111. The SMILES string of the molecule is COc1cc(-c2ccc3c(c2NC(=O)N=[S@@](N)(=O)c2cnn4c2O[C@H](C)C4)CCC3)ccn1. The molecule has 0 fully saturated rings. The van der Waals surface area contributed by atoms with Crippen molar-refractivity contribution in [2.45, 2.75) is 43.7 Å². The normalized spacial score (nSPS) is 18.1. The summed E-state index contributed by atoms with van der Waals surface area (Å²) in [5, 5.41) is 13.0. The number of nitrogens with one attached hydrogen (secondary N) is 1. The van der Waals surface area contributed by atoms with Crippen LogP contribution in [-0.2, 0) is 29.3 Å². The average Bonchev–Trinajstić information content (AvgIpc) is 3.49. The number of carbonyl (C=O) groups is 1. The first-order chi connectivity index (χ1) is 15.9. The molecule has 0 saturated heterocycles. The van der Waals surface area contributed by atoms with Crippen molar-refractivity contribution in [3.05, 3.63) is 47.8 Å². The molecular weight excluding hydrogens is 444 g/mol. The number of nitrogens with zero attached hydrogens (tertiary/aromatic N) is 4. The van der Waals surface area contributed by atoms with Crippen LogP contribution in [0.3, 0.4) is 0 Å². The number of nitrogens with two attached hydrogens (primary N) is 1. The molecule has 0 saturated carbocycles. The topological polar surface area (TPSA) is 134 Å². The molecule has 3 N–H and O–H groups in total. The molecule has 0 unspecified atom stereocenters. The standard InChI is InChI=1S/C22H24N6O4S/c1-13-12-28-21(32-13)18(11-25-28)33(23,30)27-22(29)26-20-16-5-3-4-14(16)6-7-17(20)15-8-9-24-19(10-15)31-2/h6-11,13H,3-5,12H2,1-2H3,(H3,23,26,27,29,30)/t13-,33-/m1/s1. The summed E-state index contributed by atoms with van der Waals surface area (Å²) in [5.41, 5.74) is 4.47. The summed E-state index contributed by atoms with van der Waals surface area (Å²) >= 11 is 0. The summed E-state index contributed by atoms with van der Waals surface area (Å²) in [6.07, 6.45) is 5.61. The molecule has 33 heavy (non-hydrogen) atoms. The zero-order chi connectivity index (χ0) is 23.2. The molecule has 2 aliphatic rings. The third-order valence-electron chi connectivity index (χ3n) is 5.81. The lowest BCUT2D eigenvalue weighted by Crippen LogP contribution is -2.19. The minimum atomic E-state index is -3.56. The van der Waals surface area contributed by atoms with Gasteiger partial charge in [-0.1, -0.05) is 12.1 Å². The number of pyridine rings is 1. The molecule has 2 amide bonds. The van der Waals surface area contributed by atoms with Crippen molar-refractivity contribution in [2.24, 2.45) is 9.50 Å². The van der Waals surface area contributed by atoms with Crippen molar-refractivity contribution in [2.75, 3.05) is 12.4 Å². The summed E-state index contributed by atoms with van der Waals surface area (Å²) in [4.78, 5) is 17.2. The number of hydrogen-bond acceptors (Lipinski definition) is 6. The number of rotatable bonds is 4. The van der Waals surface area contributed by atoms with Gasteiger partial charge >= 0.3 is 6.03 Å². The number of carbonyl (C=O) groups excluding carboxylic acids is 1. The van der Waals surface area contributed by atoms with E-state index in [1.807, 2.05) is 19.1 Å². The van der Waals surface area contributed by atoms with Gasteiger partial charge in [-0.2, -0.15) is 5.10 Å². The van der Waals surface area contributed by atoms with Crippen molar-refractivity contribution in [1.82, 2.24) is 14.8 Å². The Kier molecular flexibility index (Phi) is 5.29. The smallest absolute Gasteiger partial charge is 0.354 e. The highest BCUT2D eigenvalue weighted by molar-refractivity contribution is 7.91. The summed E-state index contributed by atoms with van der Waals surface area (Å²) in [7, 11) is -2.01. The fourth-order valence-electron chi connectivity index (χ4n) is 4.32. The van der Waals surface area contributed by atoms with Crippen LogP contribution in [0.1, 0.15) is 24.5 Å². The Labute approximate surface area is 191 Å². The molecule has 3 aromatic rings. The highest BCUT2D eigenvalue weighted by Gasteiger charge is 2.29. The second kappa shape index (κ2) is 8.16. The predicted octanol–water partition coefficient (Wildman–Crippen LogP) is 3.16. The molecule has 1 aliphatic carbocycles. The van der Waals surface area contributed by atoms with E-state index >= 15 is 0 Å². The van der Waals surface area contributed by atoms with E-state index in [0.717, 1.165) is 36.0 Å². The Bertz CT molecular complexity index is 1380. The molecule has 1 aliphatic heterocycles. The first-order valence-electron chi connectivity index (χ1n) is 10.6. The Morgan fingerprint density at radius 2 is 2.21 bits per heavy atom. The molecule has 0 spiro atoms. The maximum Gasteiger partial charge on any atom is 0.354 e. The van der Waals surface area contributed by atoms with E-state index in [2.05, 4.69) is 25.8 Å². The summed E-state index contributed by atoms with van der Waals surface area (Å²) in [5.74, 6) is 0.751. The lowest BCUT2D eigenvalue weighted by atomic mass is 9.98. The van der Waals surface area contributed by atoms with Crippen molar-refractivity contribution in [1.29, 1.82) is 0 Å². The van der Waals surface area contributed by atoms with Gasteiger partial charge in [0.05, 0.1) is 25.5 Å². The number of urea groups is 1. The van der Waals surface area contributed by atoms with Gasteiger partial charge in [-0.3, -0.25) is 0 Å². The number of aromatic nitrogens is 3. The van der Waals surface area contributed by atoms with E-state index < -0.39 is 15.9 Å². The largest absolute Gasteiger partial charge is 0.481 e. The van der Waals surface area contributed by atoms with Gasteiger partial charge in [-0.15, -0.1) is 4.36 Å². The monoisotopic (exact) mass is 468 g/mol. The van der Waals surface area contributed by atoms with Gasteiger partial charge in [0, 0.05) is 17.8 Å². The molecule has 0 bridgehead atoms. The van der Waals surface area contributed by atoms with E-state index in [9.17, 15) is 9.00 Å². The van der Waals surface area contributed by atoms with Crippen LogP contribution < -0.4 is 19.9 Å². The molecule has 172 valence electrons. The Morgan fingerprint density at radius 1 is 1.36 bits per heavy atom. The van der Waals surface area contributed by atoms with E-state index in [-0.39, 0.29) is 16.9 Å². The molecule has 10 nitrogen and oxygen atoms in total. The number of ether oxygens (including phenoxy) is 2. The van der Waals surface area contributed by atoms with E-state index in [1.165, 1.54) is 11.8 Å². The van der Waals surface area contributed by atoms with Gasteiger partial charge in [-0.05, 0) is 48.9 Å². The third-order valence-corrected chi connectivity index (χ3v) is 7.15. The Hall–Kier alpha value is -3.44. The summed E-state index contributed by atoms with van der Waals surface area (Å²) in [6.45, 7) is 2.39. The van der Waals surface area contributed by atoms with E-state index in [4.69, 9.17) is 14.6 Å². The van der Waals surface area contributed by atoms with Crippen LogP contribution in [0.4, 0.5) is 10.5 Å². The zero-order valence-electron chi connectivity index (χ0n) is 18.3. The zero-order valence-corrected chi connectivity index (χ0v) is 19.1. The van der Waals surface area contributed by atoms with Crippen LogP contribution in [-0.4, -0.2) is 38.2 Å². The van der Waals surface area contributed by atoms with Crippen molar-refractivity contribution in [3.63, 3.8) is 0 Å². The average molecular weight is 469 g/mol. The fraction of sp³-hybridized carbons (Fsp3) is 0.318. The van der Waals surface area contributed by atoms with Gasteiger partial charge in [0.15, 0.2) is 9.92 Å². The molecule has 3 heterocycles. The molecule has 11 heteroatoms. The Morgan fingerprint density at radius 3 is 3.03 bits per heavy atom. The van der Waals surface area contributed by atoms with Crippen LogP contribution in [0, 0.1) is 0 Å². The lowest BCUT2D eigenvalue weighted by molar-refractivity contribution is 0.248. The van der Waals surface area contributed by atoms with Crippen LogP contribution in [0.5, 0.6) is 11.8 Å². The molecular formula is C22H24N6O4S. The first-order valence-corrected chi connectivity index (χ1v) is 12.2. The van der Waals surface area contributed by atoms with E-state index in [1.54, 1.807) is 24.1 Å². The van der Waals surface area contributed by atoms with Crippen molar-refractivity contribution >= 4 is 21.6 Å². The quantitative estimate of drug-likeness (QED) is 0.604. The number of aryl methyl sites for hydroxylation is 1. The number of anilines is 1. The molecule has 5 rings (SSSR count). The number of methoxy groups -OCH3 is 1. The molecule has 2 atom stereocenters. The summed E-state index contributed by atoms with van der Waals surface area (Å²) < 4.78 is 29.5. The van der Waals surface area contributed by atoms with Crippen LogP contribution in [0.15, 0.2) is 45.9 Å². The van der Waals surface area contributed by atoms with Crippen LogP contribution in [0.2, 0.25) is 0 Å². The fourth-order valence-corrected chi connectivity index (χ4v) is 5.31. The third kappa shape index (κ3) is 3.93. The molecule has 2 aromatic heterocycles. The van der Waals surface area contributed by atoms with Crippen molar-refractivity contribution in [3.8, 4) is 22.9 Å². The predicted molar refractivity (Wildman–Crippen MR) is 123 cm³/mol. The van der Waals surface area contributed by atoms with Gasteiger partial charge in [0.2, 0.25) is 11.8 Å². The Balaban J connectivity index is 1.52. The van der Waals surface area contributed by atoms with E-state index in [0.29, 0.717) is 18.1 Å². The number of amides is 2. The second-order valence-electron chi connectivity index (χ2n) is 8.08. The van der Waals surface area contributed by atoms with Gasteiger partial charge in [-0.25, -0.2) is 23.8 Å². The van der Waals surface area contributed by atoms with Gasteiger partial charge in [0.25, 0.3) is 0 Å². The maximum atomic E-state index is 13.2. The molecule has 0 radical (unpaired) electrons. The number of benzene rings is 1.